The molecule has 0 radical (unpaired) electrons. The van der Waals surface area contributed by atoms with Gasteiger partial charge in [0.15, 0.2) is 0 Å². The zero-order chi connectivity index (χ0) is 19.6. The highest BCUT2D eigenvalue weighted by molar-refractivity contribution is 9.10. The first-order chi connectivity index (χ1) is 11.9. The summed E-state index contributed by atoms with van der Waals surface area (Å²) >= 11 is 3.10. The molecule has 1 aliphatic heterocycles. The van der Waals surface area contributed by atoms with Crippen molar-refractivity contribution in [1.29, 1.82) is 0 Å². The molecule has 0 unspecified atom stereocenters. The van der Waals surface area contributed by atoms with Gasteiger partial charge in [-0.05, 0) is 49.7 Å². The van der Waals surface area contributed by atoms with Gasteiger partial charge in [0.05, 0.1) is 16.7 Å². The highest BCUT2D eigenvalue weighted by Crippen LogP contribution is 2.36. The van der Waals surface area contributed by atoms with E-state index in [2.05, 4.69) is 25.9 Å². The second-order valence-corrected chi connectivity index (χ2v) is 6.50. The van der Waals surface area contributed by atoms with Crippen LogP contribution in [0.5, 0.6) is 0 Å². The molecule has 1 fully saturated rings. The molecule has 0 aromatic carbocycles. The first-order valence-corrected chi connectivity index (χ1v) is 7.22. The Kier molecular flexibility index (Phi) is 2.29. The molecular formula is C14H17BBrN3O2. The summed E-state index contributed by atoms with van der Waals surface area (Å²) in [7, 11) is -1.03. The molecular weight excluding hydrogens is 333 g/mol. The monoisotopic (exact) mass is 354 g/mol. The molecule has 2 aromatic heterocycles. The average molecular weight is 355 g/mol. The summed E-state index contributed by atoms with van der Waals surface area (Å²) in [6, 6.07) is -0.669. The molecule has 0 amide bonds. The van der Waals surface area contributed by atoms with Crippen LogP contribution in [0, 0.1) is 0 Å². The summed E-state index contributed by atoms with van der Waals surface area (Å²) in [6.07, 6.45) is -0.880. The van der Waals surface area contributed by atoms with Crippen LogP contribution in [-0.2, 0) is 9.31 Å². The molecule has 0 spiro atoms. The van der Waals surface area contributed by atoms with Gasteiger partial charge in [0, 0.05) is 17.8 Å². The third-order valence-corrected chi connectivity index (χ3v) is 4.16. The fourth-order valence-corrected chi connectivity index (χ4v) is 2.18. The van der Waals surface area contributed by atoms with E-state index in [1.165, 1.54) is 0 Å². The molecule has 1 saturated heterocycles. The first-order valence-electron chi connectivity index (χ1n) is 8.92. The Morgan fingerprint density at radius 1 is 1.24 bits per heavy atom. The van der Waals surface area contributed by atoms with Crippen molar-refractivity contribution in [3.8, 4) is 5.82 Å². The van der Waals surface area contributed by atoms with Crippen LogP contribution in [0.25, 0.3) is 5.82 Å². The molecule has 1 aliphatic rings. The smallest absolute Gasteiger partial charge is 0.399 e. The quantitative estimate of drug-likeness (QED) is 0.776. The topological polar surface area (TPSA) is 49.2 Å². The predicted octanol–water partition coefficient (Wildman–Crippen LogP) is 2.33. The SMILES string of the molecule is [2H]c1nc(-n2c([2H])nc(Br)c2[2H])c(B2OC(C)(C)C(C)(C)O2)c([2H])c1[2H]. The van der Waals surface area contributed by atoms with Crippen LogP contribution in [-0.4, -0.2) is 32.9 Å². The van der Waals surface area contributed by atoms with E-state index in [1.807, 2.05) is 27.7 Å². The van der Waals surface area contributed by atoms with Crippen LogP contribution in [0.3, 0.4) is 0 Å². The van der Waals surface area contributed by atoms with E-state index >= 15 is 0 Å². The Labute approximate surface area is 140 Å². The summed E-state index contributed by atoms with van der Waals surface area (Å²) in [4.78, 5) is 7.90. The van der Waals surface area contributed by atoms with E-state index in [4.69, 9.17) is 16.2 Å². The lowest BCUT2D eigenvalue weighted by Crippen LogP contribution is -2.41. The van der Waals surface area contributed by atoms with Gasteiger partial charge >= 0.3 is 7.12 Å². The van der Waals surface area contributed by atoms with Crippen molar-refractivity contribution < 1.29 is 16.2 Å². The minimum Gasteiger partial charge on any atom is -0.399 e. The second-order valence-electron chi connectivity index (χ2n) is 5.75. The maximum absolute atomic E-state index is 8.32. The molecule has 3 rings (SSSR count). The molecule has 3 heterocycles. The van der Waals surface area contributed by atoms with E-state index in [9.17, 15) is 0 Å². The van der Waals surface area contributed by atoms with Crippen LogP contribution >= 0.6 is 15.9 Å². The molecule has 110 valence electrons. The van der Waals surface area contributed by atoms with Gasteiger partial charge in [-0.3, -0.25) is 4.57 Å². The molecule has 21 heavy (non-hydrogen) atoms. The normalized spacial score (nSPS) is 23.3. The van der Waals surface area contributed by atoms with Crippen molar-refractivity contribution in [3.05, 3.63) is 35.3 Å². The van der Waals surface area contributed by atoms with Gasteiger partial charge in [0.25, 0.3) is 0 Å². The number of pyridine rings is 1. The fourth-order valence-electron chi connectivity index (χ4n) is 1.92. The first kappa shape index (κ1) is 9.76. The van der Waals surface area contributed by atoms with E-state index in [-0.39, 0.29) is 40.4 Å². The third-order valence-electron chi connectivity index (χ3n) is 3.81. The Hall–Kier alpha value is -1.18. The lowest BCUT2D eigenvalue weighted by Gasteiger charge is -2.32. The Balaban J connectivity index is 2.28. The van der Waals surface area contributed by atoms with E-state index in [0.29, 0.717) is 0 Å². The molecule has 0 bridgehead atoms. The number of imidazole rings is 1. The Bertz CT molecular complexity index is 889. The number of aromatic nitrogens is 3. The van der Waals surface area contributed by atoms with Gasteiger partial charge in [-0.25, -0.2) is 9.97 Å². The summed E-state index contributed by atoms with van der Waals surface area (Å²) in [5.74, 6) is -0.0392. The summed E-state index contributed by atoms with van der Waals surface area (Å²) in [5.41, 5.74) is -1.28. The number of rotatable bonds is 2. The lowest BCUT2D eigenvalue weighted by molar-refractivity contribution is 0.00578. The molecule has 0 saturated carbocycles. The van der Waals surface area contributed by atoms with Gasteiger partial charge in [-0.1, -0.05) is 6.04 Å². The third kappa shape index (κ3) is 2.54. The predicted molar refractivity (Wildman–Crippen MR) is 84.8 cm³/mol. The average Bonchev–Trinajstić information content (AvgIpc) is 2.87. The Morgan fingerprint density at radius 3 is 2.48 bits per heavy atom. The number of halogens is 1. The van der Waals surface area contributed by atoms with E-state index in [1.54, 1.807) is 0 Å². The van der Waals surface area contributed by atoms with Gasteiger partial charge in [-0.2, -0.15) is 0 Å². The maximum Gasteiger partial charge on any atom is 0.498 e. The zero-order valence-corrected chi connectivity index (χ0v) is 13.7. The fraction of sp³-hybridized carbons (Fsp3) is 0.429. The second kappa shape index (κ2) is 4.93. The molecule has 2 aromatic rings. The summed E-state index contributed by atoms with van der Waals surface area (Å²) in [5, 5.41) is 0. The highest BCUT2D eigenvalue weighted by atomic mass is 79.9. The lowest BCUT2D eigenvalue weighted by atomic mass is 9.79. The summed E-state index contributed by atoms with van der Waals surface area (Å²) < 4.78 is 53.4. The van der Waals surface area contributed by atoms with Crippen molar-refractivity contribution in [2.24, 2.45) is 0 Å². The van der Waals surface area contributed by atoms with Gasteiger partial charge < -0.3 is 9.31 Å². The molecule has 7 heteroatoms. The number of hydrogen-bond acceptors (Lipinski definition) is 4. The van der Waals surface area contributed by atoms with Crippen molar-refractivity contribution in [2.75, 3.05) is 0 Å². The van der Waals surface area contributed by atoms with Crippen molar-refractivity contribution in [3.63, 3.8) is 0 Å². The standard InChI is InChI=1S/C14H17BBrN3O2/c1-13(2)14(3,4)21-15(20-13)10-6-5-7-17-12(10)19-8-11(16)18-9-19/h5-9H,1-4H3/i5D,6D,7D,8D,9D. The minimum absolute atomic E-state index is 0.0392. The van der Waals surface area contributed by atoms with E-state index < -0.39 is 24.5 Å². The largest absolute Gasteiger partial charge is 0.498 e. The van der Waals surface area contributed by atoms with Crippen LogP contribution in [0.2, 0.25) is 0 Å². The zero-order valence-electron chi connectivity index (χ0n) is 17.1. The van der Waals surface area contributed by atoms with Crippen LogP contribution in [0.4, 0.5) is 0 Å². The molecule has 0 aliphatic carbocycles. The van der Waals surface area contributed by atoms with Gasteiger partial charge in [-0.15, -0.1) is 0 Å². The van der Waals surface area contributed by atoms with Crippen LogP contribution in [0.1, 0.15) is 34.5 Å². The van der Waals surface area contributed by atoms with Crippen LogP contribution in [0.15, 0.2) is 35.3 Å². The highest BCUT2D eigenvalue weighted by Gasteiger charge is 2.52. The van der Waals surface area contributed by atoms with Crippen molar-refractivity contribution in [1.82, 2.24) is 14.5 Å². The molecule has 5 nitrogen and oxygen atoms in total. The van der Waals surface area contributed by atoms with E-state index in [0.717, 1.165) is 4.57 Å². The molecule has 0 atom stereocenters. The maximum atomic E-state index is 8.32. The van der Waals surface area contributed by atoms with Gasteiger partial charge in [0.2, 0.25) is 0 Å². The molecule has 0 N–H and O–H groups in total. The number of hydrogen-bond donors (Lipinski definition) is 0. The number of nitrogens with zero attached hydrogens (tertiary/aromatic N) is 3. The summed E-state index contributed by atoms with van der Waals surface area (Å²) in [6.45, 7) is 7.40. The van der Waals surface area contributed by atoms with Crippen molar-refractivity contribution >= 4 is 28.5 Å². The van der Waals surface area contributed by atoms with Crippen molar-refractivity contribution in [2.45, 2.75) is 38.9 Å². The Morgan fingerprint density at radius 2 is 1.90 bits per heavy atom. The van der Waals surface area contributed by atoms with Crippen LogP contribution < -0.4 is 5.46 Å². The van der Waals surface area contributed by atoms with Gasteiger partial charge in [0.1, 0.15) is 18.1 Å². The minimum atomic E-state index is -1.03.